The Balaban J connectivity index is 2.24. The Morgan fingerprint density at radius 1 is 1.19 bits per heavy atom. The maximum atomic E-state index is 14.2. The Hall–Kier alpha value is -1.63. The summed E-state index contributed by atoms with van der Waals surface area (Å²) in [6, 6.07) is 4.74. The Morgan fingerprint density at radius 2 is 1.77 bits per heavy atom. The molecule has 0 bridgehead atoms. The van der Waals surface area contributed by atoms with Crippen LogP contribution < -0.4 is 9.62 Å². The van der Waals surface area contributed by atoms with Gasteiger partial charge in [-0.25, -0.2) is 12.8 Å². The van der Waals surface area contributed by atoms with E-state index in [0.717, 1.165) is 49.1 Å². The molecule has 0 saturated heterocycles. The predicted molar refractivity (Wildman–Crippen MR) is 102 cm³/mol. The molecule has 1 aliphatic carbocycles. The molecule has 2 rings (SSSR count). The van der Waals surface area contributed by atoms with Crippen molar-refractivity contribution in [3.05, 3.63) is 30.1 Å². The lowest BCUT2D eigenvalue weighted by atomic mass is 9.96. The summed E-state index contributed by atoms with van der Waals surface area (Å²) in [6.07, 6.45) is 8.75. The normalized spacial score (nSPS) is 17.8. The average molecular weight is 385 g/mol. The van der Waals surface area contributed by atoms with Gasteiger partial charge in [-0.15, -0.1) is 0 Å². The van der Waals surface area contributed by atoms with Gasteiger partial charge in [0.15, 0.2) is 0 Å². The molecular weight excluding hydrogens is 355 g/mol. The Morgan fingerprint density at radius 3 is 2.31 bits per heavy atom. The van der Waals surface area contributed by atoms with Crippen LogP contribution >= 0.6 is 0 Å². The lowest BCUT2D eigenvalue weighted by molar-refractivity contribution is -0.123. The average Bonchev–Trinajstić information content (AvgIpc) is 2.54. The predicted octanol–water partition coefficient (Wildman–Crippen LogP) is 3.60. The molecule has 1 aliphatic rings. The molecule has 1 atom stereocenters. The highest BCUT2D eigenvalue weighted by Gasteiger charge is 2.33. The maximum absolute atomic E-state index is 14.2. The van der Waals surface area contributed by atoms with E-state index in [1.54, 1.807) is 13.0 Å². The fraction of sp³-hybridized carbons (Fsp3) is 0.632. The van der Waals surface area contributed by atoms with Crippen LogP contribution in [-0.4, -0.2) is 32.7 Å². The first kappa shape index (κ1) is 20.7. The zero-order valence-corrected chi connectivity index (χ0v) is 16.4. The minimum Gasteiger partial charge on any atom is -0.352 e. The van der Waals surface area contributed by atoms with Gasteiger partial charge in [0.25, 0.3) is 0 Å². The number of rotatable bonds is 6. The summed E-state index contributed by atoms with van der Waals surface area (Å²) < 4.78 is 39.9. The Bertz CT molecular complexity index is 700. The number of amides is 1. The summed E-state index contributed by atoms with van der Waals surface area (Å²) in [5.41, 5.74) is -0.0883. The smallest absolute Gasteiger partial charge is 0.244 e. The lowest BCUT2D eigenvalue weighted by Crippen LogP contribution is -2.52. The molecule has 0 aromatic heterocycles. The van der Waals surface area contributed by atoms with Gasteiger partial charge in [-0.05, 0) is 31.4 Å². The molecule has 26 heavy (non-hydrogen) atoms. The van der Waals surface area contributed by atoms with Crippen molar-refractivity contribution in [2.75, 3.05) is 10.6 Å². The summed E-state index contributed by atoms with van der Waals surface area (Å²) in [5.74, 6) is -1.01. The summed E-state index contributed by atoms with van der Waals surface area (Å²) >= 11 is 0. The second-order valence-corrected chi connectivity index (χ2v) is 8.84. The third-order valence-corrected chi connectivity index (χ3v) is 6.04. The molecule has 1 saturated carbocycles. The molecule has 0 radical (unpaired) electrons. The fourth-order valence-electron chi connectivity index (χ4n) is 3.56. The van der Waals surface area contributed by atoms with E-state index in [0.29, 0.717) is 0 Å². The third-order valence-electron chi connectivity index (χ3n) is 4.87. The molecule has 0 heterocycles. The van der Waals surface area contributed by atoms with Crippen LogP contribution in [0.15, 0.2) is 24.3 Å². The van der Waals surface area contributed by atoms with Gasteiger partial charge in [-0.2, -0.15) is 0 Å². The minimum atomic E-state index is -3.82. The number of hydrogen-bond acceptors (Lipinski definition) is 3. The highest BCUT2D eigenvalue weighted by atomic mass is 32.2. The molecule has 146 valence electrons. The fourth-order valence-corrected chi connectivity index (χ4v) is 4.78. The maximum Gasteiger partial charge on any atom is 0.244 e. The van der Waals surface area contributed by atoms with Gasteiger partial charge in [0.2, 0.25) is 15.9 Å². The SMILES string of the molecule is CC[C@@H](C(=O)NC1CCCCCCC1)N(c1ccccc1F)S(C)(=O)=O. The highest BCUT2D eigenvalue weighted by Crippen LogP contribution is 2.26. The van der Waals surface area contributed by atoms with Crippen molar-refractivity contribution >= 4 is 21.6 Å². The van der Waals surface area contributed by atoms with Crippen LogP contribution in [-0.2, 0) is 14.8 Å². The van der Waals surface area contributed by atoms with Gasteiger partial charge in [-0.1, -0.05) is 51.2 Å². The second-order valence-electron chi connectivity index (χ2n) is 6.98. The Kier molecular flexibility index (Phi) is 7.43. The molecular formula is C19H29FN2O3S. The zero-order chi connectivity index (χ0) is 19.2. The van der Waals surface area contributed by atoms with E-state index in [4.69, 9.17) is 0 Å². The van der Waals surface area contributed by atoms with Crippen molar-refractivity contribution in [1.29, 1.82) is 0 Å². The molecule has 7 heteroatoms. The van der Waals surface area contributed by atoms with Crippen LogP contribution in [0.2, 0.25) is 0 Å². The first-order chi connectivity index (χ1) is 12.3. The lowest BCUT2D eigenvalue weighted by Gasteiger charge is -2.32. The van der Waals surface area contributed by atoms with E-state index in [9.17, 15) is 17.6 Å². The van der Waals surface area contributed by atoms with E-state index in [-0.39, 0.29) is 24.1 Å². The van der Waals surface area contributed by atoms with E-state index in [1.807, 2.05) is 0 Å². The van der Waals surface area contributed by atoms with E-state index < -0.39 is 21.9 Å². The number of anilines is 1. The summed E-state index contributed by atoms with van der Waals surface area (Å²) in [6.45, 7) is 1.74. The van der Waals surface area contributed by atoms with Gasteiger partial charge in [0.05, 0.1) is 11.9 Å². The number of benzene rings is 1. The topological polar surface area (TPSA) is 66.5 Å². The van der Waals surface area contributed by atoms with Gasteiger partial charge < -0.3 is 5.32 Å². The summed E-state index contributed by atoms with van der Waals surface area (Å²) in [4.78, 5) is 12.9. The van der Waals surface area contributed by atoms with Gasteiger partial charge in [0.1, 0.15) is 11.9 Å². The molecule has 5 nitrogen and oxygen atoms in total. The number of nitrogens with zero attached hydrogens (tertiary/aromatic N) is 1. The summed E-state index contributed by atoms with van der Waals surface area (Å²) in [5, 5.41) is 3.01. The van der Waals surface area contributed by atoms with Crippen molar-refractivity contribution in [3.63, 3.8) is 0 Å². The number of halogens is 1. The van der Waals surface area contributed by atoms with Crippen LogP contribution in [0, 0.1) is 5.82 Å². The molecule has 0 spiro atoms. The first-order valence-corrected chi connectivity index (χ1v) is 11.2. The van der Waals surface area contributed by atoms with E-state index in [1.165, 1.54) is 24.6 Å². The van der Waals surface area contributed by atoms with E-state index >= 15 is 0 Å². The van der Waals surface area contributed by atoms with Gasteiger partial charge in [-0.3, -0.25) is 9.10 Å². The van der Waals surface area contributed by atoms with Crippen molar-refractivity contribution in [3.8, 4) is 0 Å². The largest absolute Gasteiger partial charge is 0.352 e. The highest BCUT2D eigenvalue weighted by molar-refractivity contribution is 7.92. The summed E-state index contributed by atoms with van der Waals surface area (Å²) in [7, 11) is -3.82. The van der Waals surface area contributed by atoms with Crippen molar-refractivity contribution < 1.29 is 17.6 Å². The van der Waals surface area contributed by atoms with E-state index in [2.05, 4.69) is 5.32 Å². The van der Waals surface area contributed by atoms with Crippen LogP contribution in [0.5, 0.6) is 0 Å². The van der Waals surface area contributed by atoms with Crippen LogP contribution in [0.4, 0.5) is 10.1 Å². The number of para-hydroxylation sites is 1. The minimum absolute atomic E-state index is 0.0545. The number of nitrogens with one attached hydrogen (secondary N) is 1. The quantitative estimate of drug-likeness (QED) is 0.815. The van der Waals surface area contributed by atoms with Crippen molar-refractivity contribution in [2.24, 2.45) is 0 Å². The number of sulfonamides is 1. The number of hydrogen-bond donors (Lipinski definition) is 1. The van der Waals surface area contributed by atoms with Gasteiger partial charge in [0, 0.05) is 6.04 Å². The molecule has 1 N–H and O–H groups in total. The standard InChI is InChI=1S/C19H29FN2O3S/c1-3-17(19(23)21-15-11-7-5-4-6-8-12-15)22(26(2,24)25)18-14-10-9-13-16(18)20/h9-10,13-15,17H,3-8,11-12H2,1-2H3,(H,21,23)/t17-/m0/s1. The Labute approximate surface area is 156 Å². The van der Waals surface area contributed by atoms with Crippen molar-refractivity contribution in [2.45, 2.75) is 70.4 Å². The molecule has 0 unspecified atom stereocenters. The monoisotopic (exact) mass is 384 g/mol. The molecule has 0 aliphatic heterocycles. The first-order valence-electron chi connectivity index (χ1n) is 9.39. The molecule has 1 fully saturated rings. The second kappa shape index (κ2) is 9.35. The zero-order valence-electron chi connectivity index (χ0n) is 15.6. The van der Waals surface area contributed by atoms with Crippen molar-refractivity contribution in [1.82, 2.24) is 5.32 Å². The van der Waals surface area contributed by atoms with Crippen LogP contribution in [0.25, 0.3) is 0 Å². The molecule has 1 amide bonds. The third kappa shape index (κ3) is 5.43. The molecule has 1 aromatic rings. The number of carbonyl (C=O) groups is 1. The number of carbonyl (C=O) groups excluding carboxylic acids is 1. The van der Waals surface area contributed by atoms with Crippen LogP contribution in [0.1, 0.15) is 58.3 Å². The van der Waals surface area contributed by atoms with Gasteiger partial charge >= 0.3 is 0 Å². The van der Waals surface area contributed by atoms with Crippen LogP contribution in [0.3, 0.4) is 0 Å². The molecule has 1 aromatic carbocycles.